The van der Waals surface area contributed by atoms with Gasteiger partial charge in [0.15, 0.2) is 5.11 Å². The monoisotopic (exact) mass is 148 g/mol. The van der Waals surface area contributed by atoms with E-state index in [1.54, 1.807) is 12.1 Å². The quantitative estimate of drug-likeness (QED) is 0.288. The van der Waals surface area contributed by atoms with Gasteiger partial charge in [0.2, 0.25) is 0 Å². The Morgan fingerprint density at radius 1 is 1.44 bits per heavy atom. The summed E-state index contributed by atoms with van der Waals surface area (Å²) < 4.78 is 0. The lowest BCUT2D eigenvalue weighted by Gasteiger charge is -2.18. The van der Waals surface area contributed by atoms with E-state index in [-0.39, 0.29) is 0 Å². The third-order valence-electron chi connectivity index (χ3n) is 0.640. The molecule has 0 unspecified atom stereocenters. The zero-order chi connectivity index (χ0) is 7.44. The summed E-state index contributed by atoms with van der Waals surface area (Å²) in [5, 5.41) is 3.57. The Kier molecular flexibility index (Phi) is 3.44. The highest BCUT2D eigenvalue weighted by atomic mass is 32.1. The third kappa shape index (κ3) is 4.14. The van der Waals surface area contributed by atoms with Gasteiger partial charge in [0, 0.05) is 21.1 Å². The van der Waals surface area contributed by atoms with Crippen LogP contribution >= 0.6 is 12.2 Å². The van der Waals surface area contributed by atoms with Crippen molar-refractivity contribution in [3.05, 3.63) is 0 Å². The molecule has 0 bridgehead atoms. The van der Waals surface area contributed by atoms with Crippen molar-refractivity contribution >= 4 is 17.3 Å². The molecule has 0 fully saturated rings. The Bertz CT molecular complexity index is 101. The smallest absolute Gasteiger partial charge is 0.197 e. The first kappa shape index (κ1) is 8.61. The highest BCUT2D eigenvalue weighted by Gasteiger charge is 1.96. The van der Waals surface area contributed by atoms with Crippen LogP contribution in [0.3, 0.4) is 0 Å². The van der Waals surface area contributed by atoms with Crippen molar-refractivity contribution in [2.45, 2.75) is 0 Å². The van der Waals surface area contributed by atoms with Crippen molar-refractivity contribution in [3.8, 4) is 0 Å². The molecule has 5 heteroatoms. The molecule has 0 aliphatic heterocycles. The summed E-state index contributed by atoms with van der Waals surface area (Å²) >= 11 is 4.80. The Morgan fingerprint density at radius 2 is 1.89 bits per heavy atom. The Morgan fingerprint density at radius 3 is 2.00 bits per heavy atom. The molecule has 0 rings (SSSR count). The fourth-order valence-electron chi connectivity index (χ4n) is 0.270. The Labute approximate surface area is 60.5 Å². The van der Waals surface area contributed by atoms with Crippen LogP contribution in [-0.4, -0.2) is 36.3 Å². The van der Waals surface area contributed by atoms with Gasteiger partial charge >= 0.3 is 0 Å². The summed E-state index contributed by atoms with van der Waals surface area (Å²) in [6.07, 6.45) is 0. The summed E-state index contributed by atoms with van der Waals surface area (Å²) in [6, 6.07) is 0. The number of nitrogens with zero attached hydrogens (tertiary/aromatic N) is 2. The molecule has 0 aliphatic carbocycles. The molecule has 3 N–H and O–H groups in total. The van der Waals surface area contributed by atoms with Crippen molar-refractivity contribution in [3.63, 3.8) is 0 Å². The minimum atomic E-state index is 0.500. The second kappa shape index (κ2) is 3.60. The minimum absolute atomic E-state index is 0.500. The van der Waals surface area contributed by atoms with Gasteiger partial charge in [0.1, 0.15) is 0 Å². The average Bonchev–Trinajstić information content (AvgIpc) is 1.63. The summed E-state index contributed by atoms with van der Waals surface area (Å²) in [6.45, 7) is 0. The van der Waals surface area contributed by atoms with Gasteiger partial charge in [-0.1, -0.05) is 0 Å². The normalized spacial score (nSPS) is 9.44. The van der Waals surface area contributed by atoms with Gasteiger partial charge in [-0.2, -0.15) is 0 Å². The SMILES string of the molecule is CN(C)NC(=S)N(C)N. The molecular weight excluding hydrogens is 136 g/mol. The highest BCUT2D eigenvalue weighted by Crippen LogP contribution is 1.73. The van der Waals surface area contributed by atoms with Crippen molar-refractivity contribution in [2.75, 3.05) is 21.1 Å². The highest BCUT2D eigenvalue weighted by molar-refractivity contribution is 7.80. The van der Waals surface area contributed by atoms with Crippen LogP contribution in [-0.2, 0) is 0 Å². The van der Waals surface area contributed by atoms with Crippen LogP contribution in [0.4, 0.5) is 0 Å². The maximum Gasteiger partial charge on any atom is 0.197 e. The maximum atomic E-state index is 5.29. The van der Waals surface area contributed by atoms with Gasteiger partial charge in [-0.05, 0) is 12.2 Å². The zero-order valence-corrected chi connectivity index (χ0v) is 6.70. The fourth-order valence-corrected chi connectivity index (χ4v) is 0.453. The van der Waals surface area contributed by atoms with Gasteiger partial charge in [0.05, 0.1) is 0 Å². The standard InChI is InChI=1S/C4H12N4S/c1-7(2)6-4(9)8(3)5/h5H2,1-3H3,(H,6,9). The maximum absolute atomic E-state index is 5.29. The number of nitrogens with one attached hydrogen (secondary N) is 1. The van der Waals surface area contributed by atoms with Crippen LogP contribution in [0.25, 0.3) is 0 Å². The van der Waals surface area contributed by atoms with E-state index in [1.165, 1.54) is 5.01 Å². The molecule has 0 spiro atoms. The molecule has 0 aliphatic rings. The lowest BCUT2D eigenvalue weighted by Crippen LogP contribution is -2.46. The van der Waals surface area contributed by atoms with Crippen LogP contribution < -0.4 is 11.3 Å². The van der Waals surface area contributed by atoms with Gasteiger partial charge in [-0.15, -0.1) is 0 Å². The van der Waals surface area contributed by atoms with Crippen molar-refractivity contribution in [1.29, 1.82) is 0 Å². The lowest BCUT2D eigenvalue weighted by atomic mass is 11.0. The van der Waals surface area contributed by atoms with Crippen molar-refractivity contribution in [1.82, 2.24) is 15.4 Å². The van der Waals surface area contributed by atoms with Gasteiger partial charge in [-0.3, -0.25) is 10.4 Å². The van der Waals surface area contributed by atoms with Crippen LogP contribution in [0, 0.1) is 0 Å². The summed E-state index contributed by atoms with van der Waals surface area (Å²) in [7, 11) is 5.37. The fraction of sp³-hybridized carbons (Fsp3) is 0.750. The van der Waals surface area contributed by atoms with Crippen LogP contribution in [0.5, 0.6) is 0 Å². The van der Waals surface area contributed by atoms with E-state index in [2.05, 4.69) is 5.43 Å². The minimum Gasteiger partial charge on any atom is -0.295 e. The predicted molar refractivity (Wildman–Crippen MR) is 41.4 cm³/mol. The molecule has 0 radical (unpaired) electrons. The molecule has 9 heavy (non-hydrogen) atoms. The number of thiocarbonyl (C=S) groups is 1. The Hall–Kier alpha value is -0.390. The molecule has 54 valence electrons. The molecule has 4 nitrogen and oxygen atoms in total. The van der Waals surface area contributed by atoms with Crippen LogP contribution in [0.2, 0.25) is 0 Å². The van der Waals surface area contributed by atoms with Crippen LogP contribution in [0.1, 0.15) is 0 Å². The van der Waals surface area contributed by atoms with Crippen molar-refractivity contribution in [2.24, 2.45) is 5.84 Å². The van der Waals surface area contributed by atoms with Crippen molar-refractivity contribution < 1.29 is 0 Å². The Balaban J connectivity index is 3.51. The topological polar surface area (TPSA) is 44.5 Å². The van der Waals surface area contributed by atoms with E-state index in [4.69, 9.17) is 18.1 Å². The zero-order valence-electron chi connectivity index (χ0n) is 5.88. The number of rotatable bonds is 1. The van der Waals surface area contributed by atoms with E-state index in [0.717, 1.165) is 0 Å². The number of nitrogens with two attached hydrogens (primary N) is 1. The molecule has 0 aromatic carbocycles. The lowest BCUT2D eigenvalue weighted by molar-refractivity contribution is 0.338. The van der Waals surface area contributed by atoms with E-state index in [1.807, 2.05) is 14.1 Å². The second-order valence-corrected chi connectivity index (χ2v) is 2.31. The number of hydrazine groups is 2. The molecule has 0 amide bonds. The first-order valence-electron chi connectivity index (χ1n) is 2.50. The molecule has 0 heterocycles. The molecule has 0 atom stereocenters. The first-order chi connectivity index (χ1) is 4.04. The summed E-state index contributed by atoms with van der Waals surface area (Å²) in [5.74, 6) is 5.29. The molecule has 0 saturated carbocycles. The van der Waals surface area contributed by atoms with E-state index < -0.39 is 0 Å². The largest absolute Gasteiger partial charge is 0.295 e. The summed E-state index contributed by atoms with van der Waals surface area (Å²) in [5.41, 5.74) is 2.81. The number of hydrogen-bond acceptors (Lipinski definition) is 3. The van der Waals surface area contributed by atoms with Gasteiger partial charge < -0.3 is 0 Å². The van der Waals surface area contributed by atoms with Gasteiger partial charge in [0.25, 0.3) is 0 Å². The third-order valence-corrected chi connectivity index (χ3v) is 1.02. The number of hydrogen-bond donors (Lipinski definition) is 2. The van der Waals surface area contributed by atoms with E-state index in [0.29, 0.717) is 5.11 Å². The average molecular weight is 148 g/mol. The molecule has 0 saturated heterocycles. The van der Waals surface area contributed by atoms with E-state index in [9.17, 15) is 0 Å². The molecule has 0 aromatic rings. The van der Waals surface area contributed by atoms with Crippen LogP contribution in [0.15, 0.2) is 0 Å². The predicted octanol–water partition coefficient (Wildman–Crippen LogP) is -0.857. The first-order valence-corrected chi connectivity index (χ1v) is 2.91. The second-order valence-electron chi connectivity index (χ2n) is 1.92. The van der Waals surface area contributed by atoms with E-state index >= 15 is 0 Å². The van der Waals surface area contributed by atoms with Gasteiger partial charge in [-0.25, -0.2) is 10.9 Å². The molecular formula is C4H12N4S. The molecule has 0 aromatic heterocycles. The summed E-state index contributed by atoms with van der Waals surface area (Å²) in [4.78, 5) is 0.